The van der Waals surface area contributed by atoms with Crippen molar-refractivity contribution in [2.45, 2.75) is 0 Å². The van der Waals surface area contributed by atoms with Gasteiger partial charge in [0.2, 0.25) is 0 Å². The molecule has 0 radical (unpaired) electrons. The summed E-state index contributed by atoms with van der Waals surface area (Å²) < 4.78 is 58.9. The molecule has 10 heteroatoms. The lowest BCUT2D eigenvalue weighted by molar-refractivity contribution is 0.0758. The second-order valence-corrected chi connectivity index (χ2v) is 3.66. The first-order valence-corrected chi connectivity index (χ1v) is 5.75. The predicted octanol–water partition coefficient (Wildman–Crippen LogP) is -1.02. The molecule has 0 bridgehead atoms. The first kappa shape index (κ1) is 13.9. The zero-order valence-corrected chi connectivity index (χ0v) is 8.62. The van der Waals surface area contributed by atoms with Gasteiger partial charge in [-0.3, -0.25) is 13.3 Å². The molecule has 0 fully saturated rings. The molecule has 0 aromatic carbocycles. The third-order valence-electron chi connectivity index (χ3n) is 0.872. The first-order chi connectivity index (χ1) is 6.42. The molecule has 8 nitrogen and oxygen atoms in total. The minimum atomic E-state index is -4.43. The van der Waals surface area contributed by atoms with Gasteiger partial charge in [-0.15, -0.1) is 0 Å². The van der Waals surface area contributed by atoms with Crippen molar-refractivity contribution in [1.82, 2.24) is 0 Å². The highest BCUT2D eigenvalue weighted by molar-refractivity contribution is 7.80. The number of rotatable bonds is 8. The minimum Gasteiger partial charge on any atom is -0.377 e. The van der Waals surface area contributed by atoms with Crippen molar-refractivity contribution in [1.29, 1.82) is 0 Å². The quantitative estimate of drug-likeness (QED) is 0.319. The molecule has 0 heterocycles. The van der Waals surface area contributed by atoms with Crippen molar-refractivity contribution in [3.8, 4) is 0 Å². The van der Waals surface area contributed by atoms with Gasteiger partial charge in [0.05, 0.1) is 26.4 Å². The van der Waals surface area contributed by atoms with E-state index in [-0.39, 0.29) is 26.4 Å². The maximum absolute atomic E-state index is 9.99. The number of ether oxygens (including phenoxy) is 1. The van der Waals surface area contributed by atoms with Gasteiger partial charge in [-0.05, 0) is 0 Å². The van der Waals surface area contributed by atoms with Crippen molar-refractivity contribution < 1.29 is 34.8 Å². The van der Waals surface area contributed by atoms with Gasteiger partial charge in [-0.2, -0.15) is 12.6 Å². The van der Waals surface area contributed by atoms with E-state index < -0.39 is 21.8 Å². The summed E-state index contributed by atoms with van der Waals surface area (Å²) >= 11 is -2.33. The Hall–Kier alpha value is -0.100. The van der Waals surface area contributed by atoms with E-state index in [9.17, 15) is 12.6 Å². The molecule has 0 aliphatic rings. The Morgan fingerprint density at radius 2 is 1.71 bits per heavy atom. The summed E-state index contributed by atoms with van der Waals surface area (Å²) in [5.74, 6) is 0. The molecule has 0 rings (SSSR count). The fraction of sp³-hybridized carbons (Fsp3) is 1.00. The smallest absolute Gasteiger partial charge is 0.377 e. The topological polar surface area (TPSA) is 119 Å². The molecule has 0 saturated carbocycles. The van der Waals surface area contributed by atoms with Gasteiger partial charge in [0, 0.05) is 0 Å². The van der Waals surface area contributed by atoms with Crippen LogP contribution in [0.3, 0.4) is 0 Å². The zero-order valence-electron chi connectivity index (χ0n) is 6.99. The zero-order chi connectivity index (χ0) is 11.0. The lowest BCUT2D eigenvalue weighted by Crippen LogP contribution is -2.12. The Morgan fingerprint density at radius 1 is 1.14 bits per heavy atom. The maximum atomic E-state index is 9.99. The van der Waals surface area contributed by atoms with E-state index in [1.807, 2.05) is 0 Å². The van der Waals surface area contributed by atoms with Crippen LogP contribution < -0.4 is 0 Å². The van der Waals surface area contributed by atoms with Crippen molar-refractivity contribution in [3.63, 3.8) is 0 Å². The highest BCUT2D eigenvalue weighted by atomic mass is 32.3. The van der Waals surface area contributed by atoms with Crippen LogP contribution in [0.15, 0.2) is 0 Å². The van der Waals surface area contributed by atoms with Gasteiger partial charge in [0.1, 0.15) is 0 Å². The Labute approximate surface area is 83.6 Å². The van der Waals surface area contributed by atoms with E-state index in [0.29, 0.717) is 0 Å². The summed E-state index contributed by atoms with van der Waals surface area (Å²) in [6.45, 7) is -0.502. The molecular weight excluding hydrogens is 240 g/mol. The lowest BCUT2D eigenvalue weighted by Gasteiger charge is -2.02. The maximum Gasteiger partial charge on any atom is 0.397 e. The molecule has 0 aromatic heterocycles. The predicted molar refractivity (Wildman–Crippen MR) is 45.0 cm³/mol. The van der Waals surface area contributed by atoms with E-state index >= 15 is 0 Å². The standard InChI is InChI=1S/C4H10O8S2/c5-13(6)11-3-1-10-2-4-12-14(7,8)9/h1-4H2,(H,5,6)(H,7,8,9). The SMILES string of the molecule is O=S(O)OCCOCCOS(=O)(=O)O. The lowest BCUT2D eigenvalue weighted by atomic mass is 10.7. The molecule has 0 spiro atoms. The molecule has 86 valence electrons. The number of hydrogen-bond acceptors (Lipinski definition) is 6. The van der Waals surface area contributed by atoms with Gasteiger partial charge < -0.3 is 4.74 Å². The largest absolute Gasteiger partial charge is 0.397 e. The highest BCUT2D eigenvalue weighted by Crippen LogP contribution is 1.86. The van der Waals surface area contributed by atoms with E-state index in [1.165, 1.54) is 0 Å². The average molecular weight is 250 g/mol. The van der Waals surface area contributed by atoms with Crippen LogP contribution in [0.2, 0.25) is 0 Å². The minimum absolute atomic E-state index is 0.0150. The summed E-state index contributed by atoms with van der Waals surface area (Å²) in [7, 11) is -4.43. The molecule has 1 unspecified atom stereocenters. The summed E-state index contributed by atoms with van der Waals surface area (Å²) in [5, 5.41) is 0. The second kappa shape index (κ2) is 7.23. The van der Waals surface area contributed by atoms with Crippen LogP contribution in [-0.4, -0.2) is 48.2 Å². The van der Waals surface area contributed by atoms with Crippen LogP contribution in [0.5, 0.6) is 0 Å². The summed E-state index contributed by atoms with van der Waals surface area (Å²) in [5.41, 5.74) is 0. The second-order valence-electron chi connectivity index (χ2n) is 1.90. The van der Waals surface area contributed by atoms with Crippen LogP contribution in [-0.2, 0) is 34.9 Å². The van der Waals surface area contributed by atoms with E-state index in [4.69, 9.17) is 13.8 Å². The van der Waals surface area contributed by atoms with Crippen LogP contribution >= 0.6 is 0 Å². The fourth-order valence-electron chi connectivity index (χ4n) is 0.465. The molecule has 0 amide bonds. The third-order valence-corrected chi connectivity index (χ3v) is 1.70. The normalized spacial score (nSPS) is 14.1. The average Bonchev–Trinajstić information content (AvgIpc) is 2.00. The third kappa shape index (κ3) is 11.9. The molecular formula is C4H10O8S2. The molecule has 2 N–H and O–H groups in total. The molecule has 1 atom stereocenters. The summed E-state index contributed by atoms with van der Waals surface area (Å²) in [6.07, 6.45) is 0. The summed E-state index contributed by atoms with van der Waals surface area (Å²) in [4.78, 5) is 0. The number of hydrogen-bond donors (Lipinski definition) is 2. The monoisotopic (exact) mass is 250 g/mol. The van der Waals surface area contributed by atoms with Crippen molar-refractivity contribution >= 4 is 21.8 Å². The Morgan fingerprint density at radius 3 is 2.21 bits per heavy atom. The van der Waals surface area contributed by atoms with E-state index in [2.05, 4.69) is 8.37 Å². The van der Waals surface area contributed by atoms with Gasteiger partial charge in [0.25, 0.3) is 0 Å². The van der Waals surface area contributed by atoms with Crippen LogP contribution in [0.1, 0.15) is 0 Å². The summed E-state index contributed by atoms with van der Waals surface area (Å²) in [6, 6.07) is 0. The Balaban J connectivity index is 3.19. The molecule has 0 aliphatic carbocycles. The Kier molecular flexibility index (Phi) is 7.17. The van der Waals surface area contributed by atoms with Crippen LogP contribution in [0.25, 0.3) is 0 Å². The van der Waals surface area contributed by atoms with Crippen LogP contribution in [0.4, 0.5) is 0 Å². The van der Waals surface area contributed by atoms with Gasteiger partial charge in [-0.25, -0.2) is 4.18 Å². The van der Waals surface area contributed by atoms with Crippen molar-refractivity contribution in [2.75, 3.05) is 26.4 Å². The molecule has 0 aliphatic heterocycles. The van der Waals surface area contributed by atoms with Crippen molar-refractivity contribution in [3.05, 3.63) is 0 Å². The molecule has 14 heavy (non-hydrogen) atoms. The van der Waals surface area contributed by atoms with Gasteiger partial charge in [0.15, 0.2) is 0 Å². The van der Waals surface area contributed by atoms with E-state index in [1.54, 1.807) is 0 Å². The fourth-order valence-corrected chi connectivity index (χ4v) is 0.954. The first-order valence-electron chi connectivity index (χ1n) is 3.35. The van der Waals surface area contributed by atoms with Crippen molar-refractivity contribution in [2.24, 2.45) is 0 Å². The molecule has 0 aromatic rings. The van der Waals surface area contributed by atoms with E-state index in [0.717, 1.165) is 0 Å². The Bertz CT molecular complexity index is 259. The molecule has 0 saturated heterocycles. The van der Waals surface area contributed by atoms with Gasteiger partial charge in [-0.1, -0.05) is 0 Å². The van der Waals surface area contributed by atoms with Crippen LogP contribution in [0, 0.1) is 0 Å². The highest BCUT2D eigenvalue weighted by Gasteiger charge is 2.02. The van der Waals surface area contributed by atoms with Gasteiger partial charge >= 0.3 is 21.8 Å².